The molecule has 4 nitrogen and oxygen atoms in total. The van der Waals surface area contributed by atoms with Gasteiger partial charge in [-0.1, -0.05) is 65.9 Å². The van der Waals surface area contributed by atoms with Crippen LogP contribution in [0.25, 0.3) is 0 Å². The molecule has 3 atom stereocenters. The fourth-order valence-electron chi connectivity index (χ4n) is 2.40. The first-order valence-corrected chi connectivity index (χ1v) is 13.6. The van der Waals surface area contributed by atoms with E-state index in [1.807, 2.05) is 37.3 Å². The van der Waals surface area contributed by atoms with Gasteiger partial charge in [0.05, 0.1) is 12.7 Å². The lowest BCUT2D eigenvalue weighted by Crippen LogP contribution is -2.52. The van der Waals surface area contributed by atoms with E-state index in [4.69, 9.17) is 28.8 Å². The Morgan fingerprint density at radius 1 is 1.19 bits per heavy atom. The zero-order chi connectivity index (χ0) is 20.7. The Morgan fingerprint density at radius 3 is 2.22 bits per heavy atom. The number of hydrogen-bond donors (Lipinski definition) is 0. The number of benzene rings is 1. The third kappa shape index (κ3) is 7.82. The van der Waals surface area contributed by atoms with Gasteiger partial charge >= 0.3 is 0 Å². The second-order valence-electron chi connectivity index (χ2n) is 8.15. The summed E-state index contributed by atoms with van der Waals surface area (Å²) >= 11 is 0. The molecule has 1 unspecified atom stereocenters. The summed E-state index contributed by atoms with van der Waals surface area (Å²) in [6.45, 7) is 13.2. The molecule has 8 heteroatoms. The highest BCUT2D eigenvalue weighted by Gasteiger charge is 2.43. The van der Waals surface area contributed by atoms with Gasteiger partial charge in [-0.15, -0.1) is 0 Å². The van der Waals surface area contributed by atoms with Gasteiger partial charge < -0.3 is 18.5 Å². The van der Waals surface area contributed by atoms with Crippen LogP contribution in [0, 0.1) is 0 Å². The van der Waals surface area contributed by atoms with Crippen molar-refractivity contribution in [3.63, 3.8) is 0 Å². The summed E-state index contributed by atoms with van der Waals surface area (Å²) in [5.74, 6) is 0. The van der Waals surface area contributed by atoms with Crippen molar-refractivity contribution in [2.45, 2.75) is 77.2 Å². The minimum Gasteiger partial charge on any atom is -0.408 e. The van der Waals surface area contributed by atoms with Crippen LogP contribution >= 0.6 is 7.91 Å². The Bertz CT molecular complexity index is 567. The van der Waals surface area contributed by atoms with Crippen LogP contribution in [0.2, 0.25) is 18.1 Å². The average molecular weight is 404 g/mol. The number of carbonyl (C=O) groups excluding carboxylic acids is 1. The number of carbonyl (C=O) groups is 1. The SMILES string of the molecule is [B]P([B])O[C@@H](C=O)C(O[Si](C)(C)C(C)(C)C)[C@H](CC)OCc1ccccc1. The van der Waals surface area contributed by atoms with E-state index in [1.54, 1.807) is 0 Å². The normalized spacial score (nSPS) is 16.1. The van der Waals surface area contributed by atoms with Crippen molar-refractivity contribution < 1.29 is 18.5 Å². The summed E-state index contributed by atoms with van der Waals surface area (Å²) in [7, 11) is 7.42. The molecule has 27 heavy (non-hydrogen) atoms. The van der Waals surface area contributed by atoms with Gasteiger partial charge in [0.2, 0.25) is 0 Å². The van der Waals surface area contributed by atoms with Gasteiger partial charge in [0.15, 0.2) is 14.6 Å². The van der Waals surface area contributed by atoms with Gasteiger partial charge in [0.1, 0.15) is 27.3 Å². The standard InChI is InChI=1S/C19H31B2O4PSi/c1-7-16(23-14-15-11-9-8-10-12-15)18(17(13-22)24-26(20)21)25-27(5,6)19(2,3)4/h8-13,16-18H,7,14H2,1-6H3/t16-,17-,18?/m0/s1. The topological polar surface area (TPSA) is 44.8 Å². The third-order valence-corrected chi connectivity index (χ3v) is 9.97. The Hall–Kier alpha value is -0.453. The maximum absolute atomic E-state index is 11.8. The highest BCUT2D eigenvalue weighted by Crippen LogP contribution is 2.39. The largest absolute Gasteiger partial charge is 0.408 e. The molecule has 0 heterocycles. The van der Waals surface area contributed by atoms with E-state index in [1.165, 1.54) is 0 Å². The quantitative estimate of drug-likeness (QED) is 0.309. The van der Waals surface area contributed by atoms with Crippen LogP contribution in [0.5, 0.6) is 0 Å². The van der Waals surface area contributed by atoms with Crippen LogP contribution in [0.4, 0.5) is 0 Å². The summed E-state index contributed by atoms with van der Waals surface area (Å²) in [6, 6.07) is 9.91. The molecule has 0 aliphatic heterocycles. The number of rotatable bonds is 11. The van der Waals surface area contributed by atoms with E-state index in [2.05, 4.69) is 33.9 Å². The zero-order valence-electron chi connectivity index (χ0n) is 17.3. The molecule has 1 rings (SSSR count). The highest BCUT2D eigenvalue weighted by molar-refractivity contribution is 7.97. The lowest BCUT2D eigenvalue weighted by Gasteiger charge is -2.43. The minimum absolute atomic E-state index is 0.0213. The van der Waals surface area contributed by atoms with E-state index in [0.29, 0.717) is 13.0 Å². The van der Waals surface area contributed by atoms with Crippen molar-refractivity contribution >= 4 is 37.6 Å². The number of aldehydes is 1. The first-order valence-electron chi connectivity index (χ1n) is 9.26. The van der Waals surface area contributed by atoms with Crippen LogP contribution in [0.15, 0.2) is 30.3 Å². The summed E-state index contributed by atoms with van der Waals surface area (Å²) in [5, 5.41) is -0.0213. The molecule has 0 amide bonds. The molecule has 4 radical (unpaired) electrons. The third-order valence-electron chi connectivity index (χ3n) is 5.01. The summed E-state index contributed by atoms with van der Waals surface area (Å²) < 4.78 is 18.2. The molecule has 0 aromatic heterocycles. The second kappa shape index (κ2) is 10.9. The molecule has 1 aromatic rings. The molecular weight excluding hydrogens is 373 g/mol. The Balaban J connectivity index is 3.06. The lowest BCUT2D eigenvalue weighted by molar-refractivity contribution is -0.125. The van der Waals surface area contributed by atoms with Crippen molar-refractivity contribution in [1.82, 2.24) is 0 Å². The van der Waals surface area contributed by atoms with Crippen molar-refractivity contribution in [3.05, 3.63) is 35.9 Å². The van der Waals surface area contributed by atoms with Crippen LogP contribution in [-0.2, 0) is 25.1 Å². The van der Waals surface area contributed by atoms with E-state index < -0.39 is 28.4 Å². The van der Waals surface area contributed by atoms with E-state index >= 15 is 0 Å². The van der Waals surface area contributed by atoms with Crippen molar-refractivity contribution in [1.29, 1.82) is 0 Å². The molecule has 146 valence electrons. The van der Waals surface area contributed by atoms with E-state index in [0.717, 1.165) is 11.8 Å². The number of ether oxygens (including phenoxy) is 1. The van der Waals surface area contributed by atoms with Gasteiger partial charge in [-0.05, 0) is 30.1 Å². The van der Waals surface area contributed by atoms with Crippen LogP contribution in [0.1, 0.15) is 39.7 Å². The molecular formula is C19H31B2O4PSi. The fourth-order valence-corrected chi connectivity index (χ4v) is 4.17. The maximum atomic E-state index is 11.8. The molecule has 0 saturated heterocycles. The zero-order valence-corrected chi connectivity index (χ0v) is 19.2. The van der Waals surface area contributed by atoms with Gasteiger partial charge in [0.25, 0.3) is 0 Å². The minimum atomic E-state index is -2.18. The first kappa shape index (κ1) is 24.6. The second-order valence-corrected chi connectivity index (χ2v) is 13.8. The van der Waals surface area contributed by atoms with Crippen LogP contribution in [0.3, 0.4) is 0 Å². The molecule has 0 fully saturated rings. The van der Waals surface area contributed by atoms with Crippen molar-refractivity contribution in [3.8, 4) is 0 Å². The molecule has 0 spiro atoms. The lowest BCUT2D eigenvalue weighted by atomic mass is 10.1. The molecule has 0 N–H and O–H groups in total. The average Bonchev–Trinajstić information content (AvgIpc) is 2.58. The number of hydrogen-bond acceptors (Lipinski definition) is 4. The molecule has 0 saturated carbocycles. The Kier molecular flexibility index (Phi) is 9.94. The fraction of sp³-hybridized carbons (Fsp3) is 0.632. The molecule has 0 bridgehead atoms. The van der Waals surface area contributed by atoms with Gasteiger partial charge in [-0.25, -0.2) is 0 Å². The smallest absolute Gasteiger partial charge is 0.192 e. The predicted molar refractivity (Wildman–Crippen MR) is 117 cm³/mol. The first-order chi connectivity index (χ1) is 12.5. The summed E-state index contributed by atoms with van der Waals surface area (Å²) in [4.78, 5) is 11.8. The van der Waals surface area contributed by atoms with Gasteiger partial charge in [-0.2, -0.15) is 0 Å². The Morgan fingerprint density at radius 2 is 1.78 bits per heavy atom. The molecule has 1 aromatic carbocycles. The molecule has 0 aliphatic carbocycles. The van der Waals surface area contributed by atoms with Gasteiger partial charge in [0, 0.05) is 0 Å². The van der Waals surface area contributed by atoms with Crippen LogP contribution < -0.4 is 0 Å². The van der Waals surface area contributed by atoms with Crippen molar-refractivity contribution in [2.24, 2.45) is 0 Å². The highest BCUT2D eigenvalue weighted by atomic mass is 31.1. The van der Waals surface area contributed by atoms with E-state index in [9.17, 15) is 4.79 Å². The predicted octanol–water partition coefficient (Wildman–Crippen LogP) is 4.52. The molecule has 0 aliphatic rings. The summed E-state index contributed by atoms with van der Waals surface area (Å²) in [5.41, 5.74) is 1.06. The van der Waals surface area contributed by atoms with Gasteiger partial charge in [-0.3, -0.25) is 0 Å². The Labute approximate surface area is 169 Å². The van der Waals surface area contributed by atoms with Crippen molar-refractivity contribution in [2.75, 3.05) is 0 Å². The summed E-state index contributed by atoms with van der Waals surface area (Å²) in [6.07, 6.45) is -0.339. The monoisotopic (exact) mass is 404 g/mol. The maximum Gasteiger partial charge on any atom is 0.192 e. The van der Waals surface area contributed by atoms with Crippen LogP contribution in [-0.4, -0.2) is 48.0 Å². The van der Waals surface area contributed by atoms with E-state index in [-0.39, 0.29) is 11.1 Å².